The molecule has 1 aliphatic carbocycles. The maximum atomic E-state index is 13.2. The first-order chi connectivity index (χ1) is 12.0. The average molecular weight is 348 g/mol. The van der Waals surface area contributed by atoms with Crippen molar-refractivity contribution < 1.29 is 9.59 Å². The molecule has 0 radical (unpaired) electrons. The molecule has 4 fully saturated rings. The third-order valence-electron chi connectivity index (χ3n) is 7.41. The highest BCUT2D eigenvalue weighted by Crippen LogP contribution is 2.53. The van der Waals surface area contributed by atoms with E-state index in [-0.39, 0.29) is 17.4 Å². The van der Waals surface area contributed by atoms with Crippen LogP contribution in [-0.4, -0.2) is 70.8 Å². The summed E-state index contributed by atoms with van der Waals surface area (Å²) in [6, 6.07) is 0.875. The average Bonchev–Trinajstić information content (AvgIpc) is 2.70. The lowest BCUT2D eigenvalue weighted by atomic mass is 9.71. The van der Waals surface area contributed by atoms with Crippen molar-refractivity contribution in [2.45, 2.75) is 83.3 Å². The fourth-order valence-electron chi connectivity index (χ4n) is 6.32. The van der Waals surface area contributed by atoms with Crippen LogP contribution in [-0.2, 0) is 9.59 Å². The smallest absolute Gasteiger partial charge is 0.237 e. The summed E-state index contributed by atoms with van der Waals surface area (Å²) >= 11 is 0. The quantitative estimate of drug-likeness (QED) is 0.770. The molecule has 140 valence electrons. The first-order valence-electron chi connectivity index (χ1n) is 10.3. The highest BCUT2D eigenvalue weighted by Gasteiger charge is 2.60. The number of hydrogen-bond acceptors (Lipinski definition) is 3. The molecule has 2 amide bonds. The van der Waals surface area contributed by atoms with Crippen LogP contribution in [0.1, 0.15) is 65.2 Å². The van der Waals surface area contributed by atoms with Gasteiger partial charge < -0.3 is 9.80 Å². The van der Waals surface area contributed by atoms with Gasteiger partial charge in [0.15, 0.2) is 0 Å². The van der Waals surface area contributed by atoms with Crippen LogP contribution in [0.4, 0.5) is 0 Å². The minimum absolute atomic E-state index is 0.0860. The predicted octanol–water partition coefficient (Wildman–Crippen LogP) is 2.25. The number of hydrogen-bond donors (Lipinski definition) is 0. The second kappa shape index (κ2) is 6.57. The molecule has 5 nitrogen and oxygen atoms in total. The van der Waals surface area contributed by atoms with Crippen molar-refractivity contribution in [1.29, 1.82) is 0 Å². The van der Waals surface area contributed by atoms with Crippen LogP contribution >= 0.6 is 0 Å². The third kappa shape index (κ3) is 2.88. The van der Waals surface area contributed by atoms with Crippen molar-refractivity contribution in [2.75, 3.05) is 26.2 Å². The Balaban J connectivity index is 1.57. The topological polar surface area (TPSA) is 43.9 Å². The van der Waals surface area contributed by atoms with Crippen LogP contribution in [0, 0.1) is 5.41 Å². The Morgan fingerprint density at radius 3 is 2.36 bits per heavy atom. The first-order valence-corrected chi connectivity index (χ1v) is 10.3. The van der Waals surface area contributed by atoms with Crippen LogP contribution in [0.3, 0.4) is 0 Å². The molecule has 3 heterocycles. The summed E-state index contributed by atoms with van der Waals surface area (Å²) < 4.78 is 0. The monoisotopic (exact) mass is 347 g/mol. The zero-order valence-corrected chi connectivity index (χ0v) is 15.9. The number of likely N-dealkylation sites (tertiary alicyclic amines) is 3. The van der Waals surface area contributed by atoms with Crippen LogP contribution in [0.2, 0.25) is 0 Å². The molecule has 0 aromatic rings. The normalized spacial score (nSPS) is 38.6. The zero-order chi connectivity index (χ0) is 17.6. The molecule has 25 heavy (non-hydrogen) atoms. The maximum absolute atomic E-state index is 13.2. The van der Waals surface area contributed by atoms with E-state index in [9.17, 15) is 9.59 Å². The molecule has 0 aromatic heterocycles. The second-order valence-electron chi connectivity index (χ2n) is 8.99. The van der Waals surface area contributed by atoms with Crippen molar-refractivity contribution in [2.24, 2.45) is 5.41 Å². The number of rotatable bonds is 2. The van der Waals surface area contributed by atoms with Gasteiger partial charge in [0.25, 0.3) is 0 Å². The molecular formula is C20H33N3O2. The summed E-state index contributed by atoms with van der Waals surface area (Å²) in [4.78, 5) is 32.2. The van der Waals surface area contributed by atoms with E-state index in [0.29, 0.717) is 24.5 Å². The van der Waals surface area contributed by atoms with Crippen molar-refractivity contribution in [3.8, 4) is 0 Å². The van der Waals surface area contributed by atoms with Crippen molar-refractivity contribution in [1.82, 2.24) is 14.7 Å². The van der Waals surface area contributed by atoms with Gasteiger partial charge in [-0.05, 0) is 45.2 Å². The Kier molecular flexibility index (Phi) is 4.55. The van der Waals surface area contributed by atoms with E-state index in [4.69, 9.17) is 0 Å². The van der Waals surface area contributed by atoms with Crippen LogP contribution in [0.25, 0.3) is 0 Å². The SMILES string of the molecule is CC(=O)N1[C@@H]2CN(C(=O)CN3CCCCC3)[C@@H]3CCCC[C@H]1[C@]3(C)C2. The second-order valence-corrected chi connectivity index (χ2v) is 8.99. The number of carbonyl (C=O) groups excluding carboxylic acids is 2. The van der Waals surface area contributed by atoms with E-state index in [1.807, 2.05) is 0 Å². The van der Waals surface area contributed by atoms with Crippen LogP contribution < -0.4 is 0 Å². The van der Waals surface area contributed by atoms with Gasteiger partial charge in [0.2, 0.25) is 11.8 Å². The van der Waals surface area contributed by atoms with Gasteiger partial charge in [-0.1, -0.05) is 26.2 Å². The molecule has 4 rings (SSSR count). The Morgan fingerprint density at radius 2 is 1.68 bits per heavy atom. The van der Waals surface area contributed by atoms with E-state index < -0.39 is 0 Å². The lowest BCUT2D eigenvalue weighted by molar-refractivity contribution is -0.140. The van der Waals surface area contributed by atoms with Crippen LogP contribution in [0.5, 0.6) is 0 Å². The highest BCUT2D eigenvalue weighted by atomic mass is 16.2. The Morgan fingerprint density at radius 1 is 1.00 bits per heavy atom. The molecule has 4 atom stereocenters. The number of piperidine rings is 2. The van der Waals surface area contributed by atoms with Gasteiger partial charge in [-0.25, -0.2) is 0 Å². The first kappa shape index (κ1) is 17.3. The molecule has 0 aromatic carbocycles. The lowest BCUT2D eigenvalue weighted by Gasteiger charge is -2.47. The Labute approximate surface area is 151 Å². The van der Waals surface area contributed by atoms with Crippen molar-refractivity contribution in [3.63, 3.8) is 0 Å². The van der Waals surface area contributed by atoms with Gasteiger partial charge in [-0.3, -0.25) is 14.5 Å². The van der Waals surface area contributed by atoms with Gasteiger partial charge >= 0.3 is 0 Å². The van der Waals surface area contributed by atoms with Gasteiger partial charge in [0.05, 0.1) is 12.6 Å². The van der Waals surface area contributed by atoms with E-state index in [2.05, 4.69) is 21.6 Å². The summed E-state index contributed by atoms with van der Waals surface area (Å²) in [7, 11) is 0. The molecule has 3 saturated heterocycles. The highest BCUT2D eigenvalue weighted by molar-refractivity contribution is 5.80. The summed E-state index contributed by atoms with van der Waals surface area (Å²) in [5.74, 6) is 0.499. The van der Waals surface area contributed by atoms with Crippen molar-refractivity contribution >= 4 is 11.8 Å². The Bertz CT molecular complexity index is 545. The molecule has 0 spiro atoms. The van der Waals surface area contributed by atoms with Gasteiger partial charge in [0, 0.05) is 31.0 Å². The summed E-state index contributed by atoms with van der Waals surface area (Å²) in [6.45, 7) is 7.51. The number of carbonyl (C=O) groups is 2. The van der Waals surface area contributed by atoms with Crippen LogP contribution in [0.15, 0.2) is 0 Å². The van der Waals surface area contributed by atoms with E-state index >= 15 is 0 Å². The van der Waals surface area contributed by atoms with Crippen molar-refractivity contribution in [3.05, 3.63) is 0 Å². The fourth-order valence-corrected chi connectivity index (χ4v) is 6.32. The molecular weight excluding hydrogens is 314 g/mol. The molecule has 1 saturated carbocycles. The molecule has 3 aliphatic heterocycles. The third-order valence-corrected chi connectivity index (χ3v) is 7.41. The van der Waals surface area contributed by atoms with E-state index in [0.717, 1.165) is 38.9 Å². The van der Waals surface area contributed by atoms with Gasteiger partial charge in [-0.2, -0.15) is 0 Å². The summed E-state index contributed by atoms with van der Waals surface area (Å²) in [5, 5.41) is 0. The molecule has 4 aliphatic rings. The largest absolute Gasteiger partial charge is 0.336 e. The van der Waals surface area contributed by atoms with E-state index in [1.165, 1.54) is 32.1 Å². The molecule has 5 heteroatoms. The number of amides is 2. The van der Waals surface area contributed by atoms with Gasteiger partial charge in [0.1, 0.15) is 0 Å². The summed E-state index contributed by atoms with van der Waals surface area (Å²) in [6.07, 6.45) is 9.40. The lowest BCUT2D eigenvalue weighted by Crippen LogP contribution is -2.57. The maximum Gasteiger partial charge on any atom is 0.237 e. The zero-order valence-electron chi connectivity index (χ0n) is 15.9. The molecule has 2 bridgehead atoms. The minimum Gasteiger partial charge on any atom is -0.336 e. The predicted molar refractivity (Wildman–Crippen MR) is 97.1 cm³/mol. The van der Waals surface area contributed by atoms with Gasteiger partial charge in [-0.15, -0.1) is 0 Å². The van der Waals surface area contributed by atoms with E-state index in [1.54, 1.807) is 6.92 Å². The molecule has 0 N–H and O–H groups in total. The number of fused-ring (bicyclic) bond motifs is 1. The number of nitrogens with zero attached hydrogens (tertiary/aromatic N) is 3. The summed E-state index contributed by atoms with van der Waals surface area (Å²) in [5.41, 5.74) is 0.0860. The minimum atomic E-state index is 0.0860. The Hall–Kier alpha value is -1.10. The standard InChI is InChI=1S/C20H33N3O2/c1-15(24)23-16-12-20(2)17(8-4-5-9-18(20)23)22(13-16)19(25)14-21-10-6-3-7-11-21/h16-18H,3-14H2,1-2H3/t16-,17+,18-,20+/m0/s1. The fraction of sp³-hybridized carbons (Fsp3) is 0.900. The molecule has 0 unspecified atom stereocenters.